The predicted octanol–water partition coefficient (Wildman–Crippen LogP) is 5.27. The Labute approximate surface area is 133 Å². The minimum atomic E-state index is 0.0257. The van der Waals surface area contributed by atoms with E-state index >= 15 is 0 Å². The highest BCUT2D eigenvalue weighted by molar-refractivity contribution is 5.95. The van der Waals surface area contributed by atoms with Gasteiger partial charge in [-0.15, -0.1) is 0 Å². The first-order chi connectivity index (χ1) is 10.3. The number of hydrogen-bond donors (Lipinski definition) is 0. The van der Waals surface area contributed by atoms with Gasteiger partial charge >= 0.3 is 0 Å². The van der Waals surface area contributed by atoms with E-state index in [2.05, 4.69) is 39.8 Å². The monoisotopic (exact) mass is 298 g/mol. The van der Waals surface area contributed by atoms with E-state index in [-0.39, 0.29) is 16.7 Å². The average Bonchev–Trinajstić information content (AvgIpc) is 2.89. The summed E-state index contributed by atoms with van der Waals surface area (Å²) in [5.74, 6) is 0.777. The number of ketones is 1. The molecule has 1 aromatic rings. The molecule has 0 radical (unpaired) electrons. The zero-order chi connectivity index (χ0) is 16.0. The van der Waals surface area contributed by atoms with Gasteiger partial charge in [0.2, 0.25) is 0 Å². The Morgan fingerprint density at radius 3 is 2.73 bits per heavy atom. The highest BCUT2D eigenvalue weighted by atomic mass is 16.3. The predicted molar refractivity (Wildman–Crippen MR) is 89.2 cm³/mol. The molecule has 2 heteroatoms. The SMILES string of the molecule is CC1=CC(=O)[C@H]2C(C)(C)CCC[C@]2(C)[C@H]1C=Cc1ccoc1. The molecule has 0 amide bonds. The molecular weight excluding hydrogens is 272 g/mol. The van der Waals surface area contributed by atoms with Crippen molar-refractivity contribution >= 4 is 11.9 Å². The third kappa shape index (κ3) is 2.39. The van der Waals surface area contributed by atoms with Crippen molar-refractivity contribution < 1.29 is 9.21 Å². The Hall–Kier alpha value is -1.57. The summed E-state index contributed by atoms with van der Waals surface area (Å²) in [5, 5.41) is 0. The summed E-state index contributed by atoms with van der Waals surface area (Å²) < 4.78 is 5.14. The molecule has 0 spiro atoms. The van der Waals surface area contributed by atoms with Crippen LogP contribution < -0.4 is 0 Å². The minimum absolute atomic E-state index is 0.0257. The summed E-state index contributed by atoms with van der Waals surface area (Å²) in [6.07, 6.45) is 13.2. The first-order valence-corrected chi connectivity index (χ1v) is 8.27. The maximum absolute atomic E-state index is 12.7. The zero-order valence-corrected chi connectivity index (χ0v) is 14.1. The van der Waals surface area contributed by atoms with Crippen molar-refractivity contribution in [1.29, 1.82) is 0 Å². The topological polar surface area (TPSA) is 30.2 Å². The first kappa shape index (κ1) is 15.3. The van der Waals surface area contributed by atoms with Crippen LogP contribution in [0.1, 0.15) is 52.5 Å². The van der Waals surface area contributed by atoms with Crippen LogP contribution in [0.25, 0.3) is 6.08 Å². The second-order valence-corrected chi connectivity index (χ2v) is 7.97. The van der Waals surface area contributed by atoms with Crippen molar-refractivity contribution in [3.8, 4) is 0 Å². The van der Waals surface area contributed by atoms with E-state index in [1.54, 1.807) is 12.5 Å². The number of hydrogen-bond acceptors (Lipinski definition) is 2. The van der Waals surface area contributed by atoms with E-state index in [1.807, 2.05) is 12.1 Å². The fraction of sp³-hybridized carbons (Fsp3) is 0.550. The largest absolute Gasteiger partial charge is 0.472 e. The summed E-state index contributed by atoms with van der Waals surface area (Å²) in [7, 11) is 0. The fourth-order valence-corrected chi connectivity index (χ4v) is 5.02. The molecule has 1 saturated carbocycles. The van der Waals surface area contributed by atoms with Gasteiger partial charge in [-0.05, 0) is 42.7 Å². The normalized spacial score (nSPS) is 34.5. The van der Waals surface area contributed by atoms with Gasteiger partial charge in [0.05, 0.1) is 12.5 Å². The van der Waals surface area contributed by atoms with Crippen LogP contribution in [-0.2, 0) is 4.79 Å². The van der Waals surface area contributed by atoms with Crippen molar-refractivity contribution in [3.05, 3.63) is 41.9 Å². The molecule has 0 N–H and O–H groups in total. The van der Waals surface area contributed by atoms with E-state index in [9.17, 15) is 4.79 Å². The maximum Gasteiger partial charge on any atom is 0.159 e. The van der Waals surface area contributed by atoms with Crippen LogP contribution in [0.5, 0.6) is 0 Å². The third-order valence-electron chi connectivity index (χ3n) is 5.86. The second-order valence-electron chi connectivity index (χ2n) is 7.97. The lowest BCUT2D eigenvalue weighted by molar-refractivity contribution is -0.134. The molecule has 2 aliphatic carbocycles. The number of fused-ring (bicyclic) bond motifs is 1. The van der Waals surface area contributed by atoms with E-state index in [4.69, 9.17) is 4.42 Å². The summed E-state index contributed by atoms with van der Waals surface area (Å²) in [4.78, 5) is 12.7. The quantitative estimate of drug-likeness (QED) is 0.744. The molecule has 0 aromatic carbocycles. The van der Waals surface area contributed by atoms with Crippen LogP contribution in [0.3, 0.4) is 0 Å². The minimum Gasteiger partial charge on any atom is -0.472 e. The van der Waals surface area contributed by atoms with Gasteiger partial charge in [0.1, 0.15) is 0 Å². The summed E-state index contributed by atoms with van der Waals surface area (Å²) in [6, 6.07) is 1.97. The van der Waals surface area contributed by atoms with E-state index in [1.165, 1.54) is 12.0 Å². The molecule has 0 aliphatic heterocycles. The standard InChI is InChI=1S/C20H26O2/c1-14-12-17(21)18-19(2,3)9-5-10-20(18,4)16(14)7-6-15-8-11-22-13-15/h6-8,11-13,16,18H,5,9-10H2,1-4H3/t16-,18-,20+/m0/s1. The van der Waals surface area contributed by atoms with Gasteiger partial charge in [0, 0.05) is 17.4 Å². The highest BCUT2D eigenvalue weighted by Gasteiger charge is 2.54. The summed E-state index contributed by atoms with van der Waals surface area (Å²) in [5.41, 5.74) is 2.39. The van der Waals surface area contributed by atoms with E-state index in [0.29, 0.717) is 11.7 Å². The number of furan rings is 1. The first-order valence-electron chi connectivity index (χ1n) is 8.27. The van der Waals surface area contributed by atoms with E-state index < -0.39 is 0 Å². The van der Waals surface area contributed by atoms with Crippen LogP contribution in [0, 0.1) is 22.7 Å². The lowest BCUT2D eigenvalue weighted by atomic mass is 9.48. The molecule has 0 saturated heterocycles. The molecule has 118 valence electrons. The Bertz CT molecular complexity index is 618. The molecule has 1 aromatic heterocycles. The van der Waals surface area contributed by atoms with Gasteiger partial charge in [-0.25, -0.2) is 0 Å². The van der Waals surface area contributed by atoms with Gasteiger partial charge in [-0.3, -0.25) is 4.79 Å². The fourth-order valence-electron chi connectivity index (χ4n) is 5.02. The average molecular weight is 298 g/mol. The Kier molecular flexibility index (Phi) is 3.66. The zero-order valence-electron chi connectivity index (χ0n) is 14.1. The molecule has 3 rings (SSSR count). The molecule has 22 heavy (non-hydrogen) atoms. The molecule has 2 nitrogen and oxygen atoms in total. The lowest BCUT2D eigenvalue weighted by Gasteiger charge is -2.55. The molecular formula is C20H26O2. The molecule has 1 heterocycles. The Balaban J connectivity index is 2.01. The van der Waals surface area contributed by atoms with Gasteiger partial charge in [0.15, 0.2) is 5.78 Å². The Morgan fingerprint density at radius 1 is 1.27 bits per heavy atom. The van der Waals surface area contributed by atoms with Gasteiger partial charge in [0.25, 0.3) is 0 Å². The van der Waals surface area contributed by atoms with E-state index in [0.717, 1.165) is 18.4 Å². The van der Waals surface area contributed by atoms with Gasteiger partial charge in [-0.2, -0.15) is 0 Å². The molecule has 3 atom stereocenters. The summed E-state index contributed by atoms with van der Waals surface area (Å²) >= 11 is 0. The smallest absolute Gasteiger partial charge is 0.159 e. The number of carbonyl (C=O) groups excluding carboxylic acids is 1. The van der Waals surface area contributed by atoms with Crippen LogP contribution in [-0.4, -0.2) is 5.78 Å². The van der Waals surface area contributed by atoms with Crippen LogP contribution in [0.2, 0.25) is 0 Å². The van der Waals surface area contributed by atoms with Crippen molar-refractivity contribution in [1.82, 2.24) is 0 Å². The molecule has 0 unspecified atom stereocenters. The Morgan fingerprint density at radius 2 is 2.05 bits per heavy atom. The van der Waals surface area contributed by atoms with Crippen molar-refractivity contribution in [3.63, 3.8) is 0 Å². The van der Waals surface area contributed by atoms with Crippen molar-refractivity contribution in [2.45, 2.75) is 47.0 Å². The summed E-state index contributed by atoms with van der Waals surface area (Å²) in [6.45, 7) is 8.94. The van der Waals surface area contributed by atoms with Gasteiger partial charge < -0.3 is 4.42 Å². The molecule has 0 bridgehead atoms. The number of rotatable bonds is 2. The molecule has 2 aliphatic rings. The van der Waals surface area contributed by atoms with Crippen LogP contribution in [0.4, 0.5) is 0 Å². The van der Waals surface area contributed by atoms with Crippen LogP contribution in [0.15, 0.2) is 40.7 Å². The van der Waals surface area contributed by atoms with Crippen LogP contribution >= 0.6 is 0 Å². The lowest BCUT2D eigenvalue weighted by Crippen LogP contribution is -2.52. The maximum atomic E-state index is 12.7. The number of allylic oxidation sites excluding steroid dienone is 3. The second kappa shape index (κ2) is 5.26. The van der Waals surface area contributed by atoms with Crippen molar-refractivity contribution in [2.75, 3.05) is 0 Å². The van der Waals surface area contributed by atoms with Crippen molar-refractivity contribution in [2.24, 2.45) is 22.7 Å². The highest BCUT2D eigenvalue weighted by Crippen LogP contribution is 2.58. The third-order valence-corrected chi connectivity index (χ3v) is 5.86. The number of carbonyl (C=O) groups is 1. The molecule has 1 fully saturated rings. The van der Waals surface area contributed by atoms with Gasteiger partial charge in [-0.1, -0.05) is 44.9 Å².